The lowest BCUT2D eigenvalue weighted by molar-refractivity contribution is 0.0995. The largest absolute Gasteiger partial charge is 0.294 e. The summed E-state index contributed by atoms with van der Waals surface area (Å²) in [6.45, 7) is 1.24. The van der Waals surface area contributed by atoms with Crippen molar-refractivity contribution in [1.82, 2.24) is 4.98 Å². The Kier molecular flexibility index (Phi) is 2.47. The van der Waals surface area contributed by atoms with E-state index in [1.54, 1.807) is 0 Å². The molecule has 0 spiro atoms. The molecule has 0 radical (unpaired) electrons. The average molecular weight is 171 g/mol. The van der Waals surface area contributed by atoms with Gasteiger partial charge in [-0.3, -0.25) is 9.78 Å². The molecule has 0 atom stereocenters. The highest BCUT2D eigenvalue weighted by atomic mass is 19.3. The van der Waals surface area contributed by atoms with Gasteiger partial charge in [-0.15, -0.1) is 0 Å². The summed E-state index contributed by atoms with van der Waals surface area (Å²) in [5.74, 6) is -0.390. The van der Waals surface area contributed by atoms with E-state index in [1.165, 1.54) is 25.3 Å². The first-order valence-electron chi connectivity index (χ1n) is 3.37. The van der Waals surface area contributed by atoms with Crippen LogP contribution >= 0.6 is 0 Å². The average Bonchev–Trinajstić information content (AvgIpc) is 2.04. The number of hydrogen-bond acceptors (Lipinski definition) is 2. The second-order valence-corrected chi connectivity index (χ2v) is 2.29. The predicted molar refractivity (Wildman–Crippen MR) is 39.2 cm³/mol. The topological polar surface area (TPSA) is 30.0 Å². The van der Waals surface area contributed by atoms with Crippen LogP contribution in [0.3, 0.4) is 0 Å². The Bertz CT molecular complexity index is 299. The van der Waals surface area contributed by atoms with Gasteiger partial charge in [-0.25, -0.2) is 8.78 Å². The number of halogens is 2. The summed E-state index contributed by atoms with van der Waals surface area (Å²) < 4.78 is 24.3. The van der Waals surface area contributed by atoms with Gasteiger partial charge < -0.3 is 0 Å². The molecular weight excluding hydrogens is 164 g/mol. The second kappa shape index (κ2) is 3.38. The Balaban J connectivity index is 3.17. The Labute approximate surface area is 68.2 Å². The number of carbonyl (C=O) groups excluding carboxylic acids is 1. The third-order valence-corrected chi connectivity index (χ3v) is 1.42. The lowest BCUT2D eigenvalue weighted by Gasteiger charge is -2.02. The number of rotatable bonds is 2. The maximum absolute atomic E-state index is 12.2. The van der Waals surface area contributed by atoms with Gasteiger partial charge in [0.1, 0.15) is 5.69 Å². The van der Waals surface area contributed by atoms with Gasteiger partial charge in [0, 0.05) is 11.8 Å². The van der Waals surface area contributed by atoms with Crippen molar-refractivity contribution >= 4 is 5.78 Å². The fourth-order valence-electron chi connectivity index (χ4n) is 0.889. The third kappa shape index (κ3) is 1.64. The zero-order valence-corrected chi connectivity index (χ0v) is 6.42. The molecule has 0 aliphatic rings. The summed E-state index contributed by atoms with van der Waals surface area (Å²) in [4.78, 5) is 14.2. The zero-order valence-electron chi connectivity index (χ0n) is 6.42. The van der Waals surface area contributed by atoms with Crippen LogP contribution in [-0.4, -0.2) is 10.8 Å². The van der Waals surface area contributed by atoms with E-state index in [1.807, 2.05) is 0 Å². The number of pyridine rings is 1. The number of ketones is 1. The molecule has 0 aromatic carbocycles. The van der Waals surface area contributed by atoms with E-state index < -0.39 is 17.9 Å². The van der Waals surface area contributed by atoms with Gasteiger partial charge >= 0.3 is 0 Å². The molecule has 1 aromatic heterocycles. The highest BCUT2D eigenvalue weighted by Gasteiger charge is 2.15. The molecule has 0 unspecified atom stereocenters. The van der Waals surface area contributed by atoms with E-state index >= 15 is 0 Å². The van der Waals surface area contributed by atoms with Crippen molar-refractivity contribution in [2.24, 2.45) is 0 Å². The first-order chi connectivity index (χ1) is 5.63. The smallest absolute Gasteiger partial charge is 0.281 e. The van der Waals surface area contributed by atoms with Crippen LogP contribution < -0.4 is 0 Å². The van der Waals surface area contributed by atoms with Crippen LogP contribution in [0.1, 0.15) is 29.4 Å². The molecule has 64 valence electrons. The van der Waals surface area contributed by atoms with E-state index in [2.05, 4.69) is 4.98 Å². The fourth-order valence-corrected chi connectivity index (χ4v) is 0.889. The standard InChI is InChI=1S/C8H7F2NO/c1-5(12)6-3-2-4-11-7(6)8(9)10/h2-4,8H,1H3. The minimum Gasteiger partial charge on any atom is -0.294 e. The molecule has 4 heteroatoms. The van der Waals surface area contributed by atoms with Gasteiger partial charge in [-0.2, -0.15) is 0 Å². The Morgan fingerprint density at radius 3 is 2.67 bits per heavy atom. The minimum atomic E-state index is -2.69. The molecule has 0 aliphatic heterocycles. The normalized spacial score (nSPS) is 10.3. The zero-order chi connectivity index (χ0) is 9.14. The number of nitrogens with zero attached hydrogens (tertiary/aromatic N) is 1. The molecule has 0 saturated heterocycles. The van der Waals surface area contributed by atoms with Gasteiger partial charge in [-0.05, 0) is 19.1 Å². The first-order valence-corrected chi connectivity index (χ1v) is 3.37. The summed E-state index contributed by atoms with van der Waals surface area (Å²) in [5.41, 5.74) is -0.447. The van der Waals surface area contributed by atoms with Crippen molar-refractivity contribution in [1.29, 1.82) is 0 Å². The van der Waals surface area contributed by atoms with Crippen molar-refractivity contribution in [3.8, 4) is 0 Å². The quantitative estimate of drug-likeness (QED) is 0.638. The van der Waals surface area contributed by atoms with Crippen LogP contribution in [0.4, 0.5) is 8.78 Å². The van der Waals surface area contributed by atoms with E-state index in [9.17, 15) is 13.6 Å². The molecule has 0 bridgehead atoms. The number of hydrogen-bond donors (Lipinski definition) is 0. The summed E-state index contributed by atoms with van der Waals surface area (Å²) in [7, 11) is 0. The van der Waals surface area contributed by atoms with Crippen LogP contribution in [0, 0.1) is 0 Å². The number of Topliss-reactive ketones (excluding diaryl/α,β-unsaturated/α-hetero) is 1. The summed E-state index contributed by atoms with van der Waals surface area (Å²) in [6.07, 6.45) is -1.45. The first kappa shape index (κ1) is 8.77. The molecule has 0 saturated carbocycles. The molecule has 12 heavy (non-hydrogen) atoms. The maximum Gasteiger partial charge on any atom is 0.281 e. The Morgan fingerprint density at radius 1 is 1.58 bits per heavy atom. The summed E-state index contributed by atoms with van der Waals surface area (Å²) >= 11 is 0. The molecule has 1 rings (SSSR count). The van der Waals surface area contributed by atoms with Crippen LogP contribution in [0.25, 0.3) is 0 Å². The van der Waals surface area contributed by atoms with Gasteiger partial charge in [0.25, 0.3) is 6.43 Å². The maximum atomic E-state index is 12.2. The van der Waals surface area contributed by atoms with E-state index in [-0.39, 0.29) is 5.56 Å². The van der Waals surface area contributed by atoms with Crippen molar-refractivity contribution in [2.45, 2.75) is 13.3 Å². The molecule has 0 fully saturated rings. The molecule has 1 heterocycles. The molecule has 0 amide bonds. The number of aromatic nitrogens is 1. The molecule has 0 aliphatic carbocycles. The second-order valence-electron chi connectivity index (χ2n) is 2.29. The van der Waals surface area contributed by atoms with Crippen molar-refractivity contribution in [2.75, 3.05) is 0 Å². The van der Waals surface area contributed by atoms with E-state index in [0.29, 0.717) is 0 Å². The monoisotopic (exact) mass is 171 g/mol. The minimum absolute atomic E-state index is 0.00694. The summed E-state index contributed by atoms with van der Waals surface area (Å²) in [6, 6.07) is 2.80. The van der Waals surface area contributed by atoms with Crippen molar-refractivity contribution in [3.63, 3.8) is 0 Å². The lowest BCUT2D eigenvalue weighted by Crippen LogP contribution is -2.01. The lowest BCUT2D eigenvalue weighted by atomic mass is 10.1. The van der Waals surface area contributed by atoms with Gasteiger partial charge in [0.2, 0.25) is 0 Å². The van der Waals surface area contributed by atoms with Crippen LogP contribution in [0.2, 0.25) is 0 Å². The SMILES string of the molecule is CC(=O)c1cccnc1C(F)F. The van der Waals surface area contributed by atoms with Crippen LogP contribution in [-0.2, 0) is 0 Å². The Hall–Kier alpha value is -1.32. The van der Waals surface area contributed by atoms with Gasteiger partial charge in [-0.1, -0.05) is 0 Å². The predicted octanol–water partition coefficient (Wildman–Crippen LogP) is 2.22. The van der Waals surface area contributed by atoms with Crippen LogP contribution in [0.5, 0.6) is 0 Å². The van der Waals surface area contributed by atoms with Crippen molar-refractivity contribution in [3.05, 3.63) is 29.6 Å². The fraction of sp³-hybridized carbons (Fsp3) is 0.250. The van der Waals surface area contributed by atoms with Crippen LogP contribution in [0.15, 0.2) is 18.3 Å². The molecule has 1 aromatic rings. The number of alkyl halides is 2. The van der Waals surface area contributed by atoms with Gasteiger partial charge in [0.05, 0.1) is 0 Å². The highest BCUT2D eigenvalue weighted by molar-refractivity contribution is 5.95. The summed E-state index contributed by atoms with van der Waals surface area (Å²) in [5, 5.41) is 0. The van der Waals surface area contributed by atoms with Gasteiger partial charge in [0.15, 0.2) is 5.78 Å². The molecule has 2 nitrogen and oxygen atoms in total. The third-order valence-electron chi connectivity index (χ3n) is 1.42. The molecule has 0 N–H and O–H groups in total. The van der Waals surface area contributed by atoms with E-state index in [4.69, 9.17) is 0 Å². The Morgan fingerprint density at radius 2 is 2.25 bits per heavy atom. The highest BCUT2D eigenvalue weighted by Crippen LogP contribution is 2.20. The van der Waals surface area contributed by atoms with Crippen molar-refractivity contribution < 1.29 is 13.6 Å². The molecular formula is C8H7F2NO. The van der Waals surface area contributed by atoms with E-state index in [0.717, 1.165) is 0 Å². The number of carbonyl (C=O) groups is 1.